The molecule has 1 unspecified atom stereocenters. The molecule has 2 N–H and O–H groups in total. The van der Waals surface area contributed by atoms with Gasteiger partial charge in [-0.2, -0.15) is 0 Å². The topological polar surface area (TPSA) is 75.2 Å². The number of benzene rings is 1. The van der Waals surface area contributed by atoms with Crippen LogP contribution in [0.1, 0.15) is 56.6 Å². The normalized spacial score (nSPS) is 15.1. The van der Waals surface area contributed by atoms with Gasteiger partial charge in [0.05, 0.1) is 20.3 Å². The Morgan fingerprint density at radius 1 is 1.06 bits per heavy atom. The van der Waals surface area contributed by atoms with Crippen LogP contribution in [0.4, 0.5) is 0 Å². The van der Waals surface area contributed by atoms with E-state index in [0.29, 0.717) is 12.5 Å². The molecular weight excluding hydrogens is 507 g/mol. The fourth-order valence-electron chi connectivity index (χ4n) is 3.81. The van der Waals surface area contributed by atoms with Crippen LogP contribution in [-0.2, 0) is 9.53 Å². The van der Waals surface area contributed by atoms with E-state index in [1.165, 1.54) is 25.5 Å². The van der Waals surface area contributed by atoms with Crippen molar-refractivity contribution in [3.63, 3.8) is 0 Å². The number of carbonyl (C=O) groups is 1. The van der Waals surface area contributed by atoms with Crippen molar-refractivity contribution < 1.29 is 14.3 Å². The molecule has 1 aliphatic heterocycles. The zero-order chi connectivity index (χ0) is 21.6. The van der Waals surface area contributed by atoms with Gasteiger partial charge in [-0.1, -0.05) is 25.0 Å². The Balaban J connectivity index is 0.00000480. The molecule has 0 amide bonds. The molecule has 0 aromatic heterocycles. The second kappa shape index (κ2) is 16.1. The molecule has 0 radical (unpaired) electrons. The van der Waals surface area contributed by atoms with Gasteiger partial charge >= 0.3 is 5.97 Å². The van der Waals surface area contributed by atoms with Crippen LogP contribution in [0.3, 0.4) is 0 Å². The average molecular weight is 546 g/mol. The molecule has 1 aliphatic rings. The zero-order valence-electron chi connectivity index (χ0n) is 19.2. The van der Waals surface area contributed by atoms with Gasteiger partial charge < -0.3 is 20.1 Å². The monoisotopic (exact) mass is 546 g/mol. The molecule has 0 aliphatic carbocycles. The molecule has 176 valence electrons. The third-order valence-corrected chi connectivity index (χ3v) is 5.60. The number of ether oxygens (including phenoxy) is 2. The summed E-state index contributed by atoms with van der Waals surface area (Å²) in [7, 11) is 4.95. The SMILES string of the molecule is CN=C(NCCCCCCC(=O)OC)NCC(c1ccc(OC)cc1)N1CCCC1.I. The Kier molecular flexibility index (Phi) is 14.3. The standard InChI is InChI=1S/C23H38N4O3.HI/c1-24-23(25-15-7-5-4-6-10-22(28)30-3)26-18-21(27-16-8-9-17-27)19-11-13-20(29-2)14-12-19;/h11-14,21H,4-10,15-18H2,1-3H3,(H2,24,25,26);1H. The smallest absolute Gasteiger partial charge is 0.305 e. The Bertz CT molecular complexity index is 649. The van der Waals surface area contributed by atoms with Crippen molar-refractivity contribution >= 4 is 35.9 Å². The summed E-state index contributed by atoms with van der Waals surface area (Å²) < 4.78 is 9.97. The van der Waals surface area contributed by atoms with Crippen LogP contribution in [0.5, 0.6) is 5.75 Å². The molecule has 1 heterocycles. The van der Waals surface area contributed by atoms with Gasteiger partial charge in [0, 0.05) is 26.6 Å². The first kappa shape index (κ1) is 27.5. The summed E-state index contributed by atoms with van der Waals surface area (Å²) in [5.74, 6) is 1.60. The molecule has 0 saturated carbocycles. The van der Waals surface area contributed by atoms with Gasteiger partial charge in [0.2, 0.25) is 0 Å². The van der Waals surface area contributed by atoms with E-state index < -0.39 is 0 Å². The number of rotatable bonds is 12. The minimum atomic E-state index is -0.123. The Morgan fingerprint density at radius 3 is 2.35 bits per heavy atom. The summed E-state index contributed by atoms with van der Waals surface area (Å²) in [6.07, 6.45) is 7.09. The number of halogens is 1. The maximum absolute atomic E-state index is 11.1. The number of hydrogen-bond acceptors (Lipinski definition) is 5. The van der Waals surface area contributed by atoms with Gasteiger partial charge in [-0.25, -0.2) is 0 Å². The summed E-state index contributed by atoms with van der Waals surface area (Å²) in [6.45, 7) is 3.95. The van der Waals surface area contributed by atoms with Crippen molar-refractivity contribution in [2.45, 2.75) is 51.0 Å². The molecule has 7 nitrogen and oxygen atoms in total. The van der Waals surface area contributed by atoms with Crippen LogP contribution in [0.15, 0.2) is 29.3 Å². The summed E-state index contributed by atoms with van der Waals surface area (Å²) >= 11 is 0. The van der Waals surface area contributed by atoms with Crippen LogP contribution in [-0.4, -0.2) is 64.3 Å². The zero-order valence-corrected chi connectivity index (χ0v) is 21.5. The second-order valence-corrected chi connectivity index (χ2v) is 7.65. The molecule has 31 heavy (non-hydrogen) atoms. The van der Waals surface area contributed by atoms with Crippen molar-refractivity contribution in [1.29, 1.82) is 0 Å². The molecule has 1 aromatic rings. The predicted molar refractivity (Wildman–Crippen MR) is 136 cm³/mol. The largest absolute Gasteiger partial charge is 0.497 e. The number of hydrogen-bond donors (Lipinski definition) is 2. The first-order chi connectivity index (χ1) is 14.7. The van der Waals surface area contributed by atoms with E-state index in [1.807, 2.05) is 19.2 Å². The average Bonchev–Trinajstić information content (AvgIpc) is 3.31. The van der Waals surface area contributed by atoms with E-state index in [2.05, 4.69) is 37.4 Å². The molecule has 2 rings (SSSR count). The van der Waals surface area contributed by atoms with E-state index in [-0.39, 0.29) is 29.9 Å². The third-order valence-electron chi connectivity index (χ3n) is 5.60. The Hall–Kier alpha value is -1.55. The van der Waals surface area contributed by atoms with Gasteiger partial charge in [0.15, 0.2) is 5.96 Å². The van der Waals surface area contributed by atoms with Crippen LogP contribution >= 0.6 is 24.0 Å². The second-order valence-electron chi connectivity index (χ2n) is 7.65. The van der Waals surface area contributed by atoms with E-state index >= 15 is 0 Å². The molecule has 0 spiro atoms. The molecule has 1 aromatic carbocycles. The van der Waals surface area contributed by atoms with Crippen LogP contribution in [0.25, 0.3) is 0 Å². The number of nitrogens with one attached hydrogen (secondary N) is 2. The van der Waals surface area contributed by atoms with Gasteiger partial charge in [-0.05, 0) is 56.5 Å². The van der Waals surface area contributed by atoms with Crippen molar-refractivity contribution in [3.8, 4) is 5.75 Å². The molecule has 1 fully saturated rings. The van der Waals surface area contributed by atoms with Crippen molar-refractivity contribution in [2.24, 2.45) is 4.99 Å². The third kappa shape index (κ3) is 10.1. The Labute approximate surface area is 204 Å². The summed E-state index contributed by atoms with van der Waals surface area (Å²) in [4.78, 5) is 18.0. The molecule has 8 heteroatoms. The summed E-state index contributed by atoms with van der Waals surface area (Å²) in [6, 6.07) is 8.70. The number of carbonyl (C=O) groups excluding carboxylic acids is 1. The molecular formula is C23H39IN4O3. The van der Waals surface area contributed by atoms with Crippen molar-refractivity contribution in [1.82, 2.24) is 15.5 Å². The highest BCUT2D eigenvalue weighted by atomic mass is 127. The lowest BCUT2D eigenvalue weighted by Gasteiger charge is -2.29. The molecule has 0 bridgehead atoms. The Morgan fingerprint density at radius 2 is 1.74 bits per heavy atom. The lowest BCUT2D eigenvalue weighted by atomic mass is 10.1. The number of methoxy groups -OCH3 is 2. The highest BCUT2D eigenvalue weighted by Crippen LogP contribution is 2.26. The summed E-state index contributed by atoms with van der Waals surface area (Å²) in [5.41, 5.74) is 1.30. The lowest BCUT2D eigenvalue weighted by Crippen LogP contribution is -2.42. The van der Waals surface area contributed by atoms with Crippen LogP contribution < -0.4 is 15.4 Å². The number of nitrogens with zero attached hydrogens (tertiary/aromatic N) is 2. The van der Waals surface area contributed by atoms with Gasteiger partial charge in [-0.3, -0.25) is 14.7 Å². The highest BCUT2D eigenvalue weighted by Gasteiger charge is 2.23. The van der Waals surface area contributed by atoms with Crippen LogP contribution in [0, 0.1) is 0 Å². The molecule has 1 saturated heterocycles. The van der Waals surface area contributed by atoms with E-state index in [9.17, 15) is 4.79 Å². The quantitative estimate of drug-likeness (QED) is 0.137. The van der Waals surface area contributed by atoms with E-state index in [4.69, 9.17) is 4.74 Å². The first-order valence-electron chi connectivity index (χ1n) is 11.1. The van der Waals surface area contributed by atoms with Crippen LogP contribution in [0.2, 0.25) is 0 Å². The number of aliphatic imine (C=N–C) groups is 1. The van der Waals surface area contributed by atoms with E-state index in [1.54, 1.807) is 7.11 Å². The summed E-state index contributed by atoms with van der Waals surface area (Å²) in [5, 5.41) is 6.91. The van der Waals surface area contributed by atoms with Gasteiger partial charge in [0.1, 0.15) is 5.75 Å². The maximum atomic E-state index is 11.1. The minimum Gasteiger partial charge on any atom is -0.497 e. The minimum absolute atomic E-state index is 0. The highest BCUT2D eigenvalue weighted by molar-refractivity contribution is 14.0. The van der Waals surface area contributed by atoms with Crippen molar-refractivity contribution in [3.05, 3.63) is 29.8 Å². The van der Waals surface area contributed by atoms with Gasteiger partial charge in [-0.15, -0.1) is 24.0 Å². The number of esters is 1. The first-order valence-corrected chi connectivity index (χ1v) is 11.1. The van der Waals surface area contributed by atoms with E-state index in [0.717, 1.165) is 63.6 Å². The maximum Gasteiger partial charge on any atom is 0.305 e. The lowest BCUT2D eigenvalue weighted by molar-refractivity contribution is -0.140. The molecule has 1 atom stereocenters. The number of guanidine groups is 1. The fraction of sp³-hybridized carbons (Fsp3) is 0.652. The van der Waals surface area contributed by atoms with Crippen molar-refractivity contribution in [2.75, 3.05) is 47.4 Å². The van der Waals surface area contributed by atoms with Gasteiger partial charge in [0.25, 0.3) is 0 Å². The number of unbranched alkanes of at least 4 members (excludes halogenated alkanes) is 3. The fourth-order valence-corrected chi connectivity index (χ4v) is 3.81. The predicted octanol–water partition coefficient (Wildman–Crippen LogP) is 3.74. The number of likely N-dealkylation sites (tertiary alicyclic amines) is 1.